The molecule has 2 heteroatoms. The van der Waals surface area contributed by atoms with Crippen LogP contribution in [-0.4, -0.2) is 18.0 Å². The quantitative estimate of drug-likeness (QED) is 0.439. The summed E-state index contributed by atoms with van der Waals surface area (Å²) in [6, 6.07) is 2.80. The average Bonchev–Trinajstić information content (AvgIpc) is 3.27. The van der Waals surface area contributed by atoms with Crippen LogP contribution in [0.1, 0.15) is 84.5 Å². The highest BCUT2D eigenvalue weighted by atomic mass is 15.1. The van der Waals surface area contributed by atoms with E-state index in [0.29, 0.717) is 16.7 Å². The zero-order valence-electron chi connectivity index (χ0n) is 20.9. The lowest BCUT2D eigenvalue weighted by Crippen LogP contribution is -2.42. The van der Waals surface area contributed by atoms with E-state index in [0.717, 1.165) is 18.3 Å². The maximum absolute atomic E-state index is 10.2. The Morgan fingerprint density at radius 3 is 2.67 bits per heavy atom. The first kappa shape index (κ1) is 21.8. The first-order valence-electron chi connectivity index (χ1n) is 13.9. The molecular weight excluding hydrogens is 400 g/mol. The van der Waals surface area contributed by atoms with E-state index in [9.17, 15) is 5.26 Å². The minimum absolute atomic E-state index is 0.189. The molecule has 0 N–H and O–H groups in total. The van der Waals surface area contributed by atoms with E-state index < -0.39 is 0 Å². The van der Waals surface area contributed by atoms with Crippen LogP contribution in [0.2, 0.25) is 0 Å². The fourth-order valence-corrected chi connectivity index (χ4v) is 10.6. The third-order valence-corrected chi connectivity index (χ3v) is 11.5. The van der Waals surface area contributed by atoms with Gasteiger partial charge in [0.1, 0.15) is 0 Å². The van der Waals surface area contributed by atoms with Gasteiger partial charge in [0.15, 0.2) is 0 Å². The molecule has 0 aromatic carbocycles. The lowest BCUT2D eigenvalue weighted by molar-refractivity contribution is 0.0268. The molecule has 1 aliphatic heterocycles. The van der Waals surface area contributed by atoms with Crippen LogP contribution in [0.5, 0.6) is 0 Å². The van der Waals surface area contributed by atoms with Crippen molar-refractivity contribution in [2.24, 2.45) is 39.9 Å². The maximum atomic E-state index is 10.2. The topological polar surface area (TPSA) is 27.0 Å². The second-order valence-electron chi connectivity index (χ2n) is 12.4. The normalized spacial score (nSPS) is 46.8. The van der Waals surface area contributed by atoms with Gasteiger partial charge in [-0.1, -0.05) is 56.2 Å². The standard InChI is InChI=1S/C31H42N2/c1-4-8-23-15-17-31-27-14-11-24(21-32)29(27,3)20-26(28(31)30(23,31)16-5-2)22-9-12-25(13-10-22)33-18-6-7-19-33/h4,8-9,12,24,26-28H,1,5-7,10-11,13-20H2,2-3H3/b23-8-. The van der Waals surface area contributed by atoms with E-state index in [1.165, 1.54) is 77.3 Å². The van der Waals surface area contributed by atoms with Crippen LogP contribution in [0.15, 0.2) is 47.7 Å². The highest BCUT2D eigenvalue weighted by Gasteiger charge is 2.86. The molecule has 0 radical (unpaired) electrons. The van der Waals surface area contributed by atoms with E-state index in [1.807, 2.05) is 0 Å². The Balaban J connectivity index is 1.43. The Kier molecular flexibility index (Phi) is 5.03. The summed E-state index contributed by atoms with van der Waals surface area (Å²) in [6.07, 6.45) is 23.5. The van der Waals surface area contributed by atoms with Crippen molar-refractivity contribution in [1.82, 2.24) is 4.90 Å². The van der Waals surface area contributed by atoms with Crippen LogP contribution in [0.4, 0.5) is 0 Å². The molecule has 5 aliphatic carbocycles. The molecular formula is C31H42N2. The van der Waals surface area contributed by atoms with Gasteiger partial charge in [-0.25, -0.2) is 0 Å². The highest BCUT2D eigenvalue weighted by Crippen LogP contribution is 2.92. The van der Waals surface area contributed by atoms with Crippen molar-refractivity contribution < 1.29 is 0 Å². The molecule has 6 rings (SSSR count). The summed E-state index contributed by atoms with van der Waals surface area (Å²) in [5.74, 6) is 2.44. The zero-order chi connectivity index (χ0) is 22.8. The van der Waals surface area contributed by atoms with Crippen LogP contribution < -0.4 is 0 Å². The summed E-state index contributed by atoms with van der Waals surface area (Å²) in [7, 11) is 0. The third kappa shape index (κ3) is 2.66. The van der Waals surface area contributed by atoms with Crippen molar-refractivity contribution in [3.63, 3.8) is 0 Å². The number of allylic oxidation sites excluding steroid dienone is 7. The summed E-state index contributed by atoms with van der Waals surface area (Å²) >= 11 is 0. The van der Waals surface area contributed by atoms with Crippen molar-refractivity contribution in [1.29, 1.82) is 5.26 Å². The number of hydrogen-bond acceptors (Lipinski definition) is 2. The number of hydrogen-bond donors (Lipinski definition) is 0. The second kappa shape index (κ2) is 7.63. The third-order valence-electron chi connectivity index (χ3n) is 11.5. The van der Waals surface area contributed by atoms with Crippen LogP contribution in [0.25, 0.3) is 0 Å². The largest absolute Gasteiger partial charge is 0.375 e. The molecule has 176 valence electrons. The summed E-state index contributed by atoms with van der Waals surface area (Å²) < 4.78 is 0. The summed E-state index contributed by atoms with van der Waals surface area (Å²) in [5, 5.41) is 10.2. The minimum Gasteiger partial charge on any atom is -0.375 e. The molecule has 1 saturated heterocycles. The lowest BCUT2D eigenvalue weighted by Gasteiger charge is -2.47. The lowest BCUT2D eigenvalue weighted by atomic mass is 9.56. The van der Waals surface area contributed by atoms with Gasteiger partial charge in [0.25, 0.3) is 0 Å². The number of nitriles is 1. The Hall–Kier alpha value is -1.75. The average molecular weight is 443 g/mol. The van der Waals surface area contributed by atoms with Crippen LogP contribution in [0, 0.1) is 51.2 Å². The van der Waals surface area contributed by atoms with E-state index >= 15 is 0 Å². The molecule has 4 saturated carbocycles. The van der Waals surface area contributed by atoms with Gasteiger partial charge in [-0.2, -0.15) is 5.26 Å². The van der Waals surface area contributed by atoms with Crippen LogP contribution in [0.3, 0.4) is 0 Å². The number of nitrogens with zero attached hydrogens (tertiary/aromatic N) is 2. The molecule has 1 spiro atoms. The van der Waals surface area contributed by atoms with Gasteiger partial charge in [-0.05, 0) is 98.9 Å². The van der Waals surface area contributed by atoms with Crippen molar-refractivity contribution in [2.75, 3.05) is 13.1 Å². The summed E-state index contributed by atoms with van der Waals surface area (Å²) in [4.78, 5) is 2.63. The van der Waals surface area contributed by atoms with E-state index in [1.54, 1.807) is 16.8 Å². The molecule has 33 heavy (non-hydrogen) atoms. The summed E-state index contributed by atoms with van der Waals surface area (Å²) in [6.45, 7) is 11.5. The molecule has 1 heterocycles. The Bertz CT molecular complexity index is 971. The molecule has 0 aromatic rings. The second-order valence-corrected chi connectivity index (χ2v) is 12.4. The molecule has 0 bridgehead atoms. The Morgan fingerprint density at radius 2 is 2.00 bits per heavy atom. The Morgan fingerprint density at radius 1 is 1.18 bits per heavy atom. The molecule has 0 amide bonds. The molecule has 2 nitrogen and oxygen atoms in total. The number of likely N-dealkylation sites (tertiary alicyclic amines) is 1. The number of fused-ring (bicyclic) bond motifs is 2. The molecule has 5 fully saturated rings. The molecule has 7 atom stereocenters. The van der Waals surface area contributed by atoms with Crippen molar-refractivity contribution in [3.8, 4) is 6.07 Å². The van der Waals surface area contributed by atoms with E-state index in [-0.39, 0.29) is 11.3 Å². The first-order chi connectivity index (χ1) is 16.1. The van der Waals surface area contributed by atoms with Crippen molar-refractivity contribution in [3.05, 3.63) is 47.7 Å². The predicted octanol–water partition coefficient (Wildman–Crippen LogP) is 7.57. The highest BCUT2D eigenvalue weighted by molar-refractivity contribution is 5.48. The van der Waals surface area contributed by atoms with E-state index in [4.69, 9.17) is 0 Å². The van der Waals surface area contributed by atoms with Gasteiger partial charge < -0.3 is 4.90 Å². The van der Waals surface area contributed by atoms with E-state index in [2.05, 4.69) is 55.7 Å². The SMILES string of the molecule is C=C/C=C1/CCC23C4CCC(C#N)C4(C)CC(C4=CC=C(N5CCCC5)CC4)C2C13CCC. The molecule has 6 aliphatic rings. The zero-order valence-corrected chi connectivity index (χ0v) is 20.9. The smallest absolute Gasteiger partial charge is 0.0661 e. The van der Waals surface area contributed by atoms with Crippen molar-refractivity contribution >= 4 is 0 Å². The minimum atomic E-state index is 0.189. The summed E-state index contributed by atoms with van der Waals surface area (Å²) in [5.41, 5.74) is 6.02. The Labute approximate surface area is 201 Å². The van der Waals surface area contributed by atoms with Gasteiger partial charge >= 0.3 is 0 Å². The maximum Gasteiger partial charge on any atom is 0.0661 e. The van der Waals surface area contributed by atoms with Crippen LogP contribution >= 0.6 is 0 Å². The predicted molar refractivity (Wildman–Crippen MR) is 135 cm³/mol. The van der Waals surface area contributed by atoms with Gasteiger partial charge in [0.2, 0.25) is 0 Å². The monoisotopic (exact) mass is 442 g/mol. The number of rotatable bonds is 5. The van der Waals surface area contributed by atoms with Crippen molar-refractivity contribution in [2.45, 2.75) is 84.5 Å². The fourth-order valence-electron chi connectivity index (χ4n) is 10.6. The van der Waals surface area contributed by atoms with Gasteiger partial charge in [0, 0.05) is 24.2 Å². The van der Waals surface area contributed by atoms with Gasteiger partial charge in [0.05, 0.1) is 12.0 Å². The fraction of sp³-hybridized carbons (Fsp3) is 0.710. The molecule has 0 aromatic heterocycles. The molecule has 7 unspecified atom stereocenters. The van der Waals surface area contributed by atoms with Gasteiger partial charge in [-0.15, -0.1) is 0 Å². The first-order valence-corrected chi connectivity index (χ1v) is 13.9. The van der Waals surface area contributed by atoms with Gasteiger partial charge in [-0.3, -0.25) is 0 Å². The van der Waals surface area contributed by atoms with Crippen LogP contribution in [-0.2, 0) is 0 Å².